The van der Waals surface area contributed by atoms with Gasteiger partial charge in [-0.25, -0.2) is 4.39 Å². The number of halogens is 23. The third-order valence-electron chi connectivity index (χ3n) is 4.53. The summed E-state index contributed by atoms with van der Waals surface area (Å²) in [4.78, 5) is -2.01. The maximum Gasteiger partial charge on any atom is 0.460 e. The second kappa shape index (κ2) is 8.42. The lowest BCUT2D eigenvalue weighted by molar-refractivity contribution is -0.480. The molecule has 0 aromatic heterocycles. The molecule has 0 rings (SSSR count). The molecule has 224 valence electrons. The van der Waals surface area contributed by atoms with Crippen molar-refractivity contribution in [3.63, 3.8) is 0 Å². The Morgan fingerprint density at radius 2 is 0.459 bits per heavy atom. The second-order valence-corrected chi connectivity index (χ2v) is 7.11. The molecule has 0 saturated heterocycles. The van der Waals surface area contributed by atoms with Crippen molar-refractivity contribution in [3.8, 4) is 0 Å². The van der Waals surface area contributed by atoms with Crippen LogP contribution >= 0.6 is 0 Å². The van der Waals surface area contributed by atoms with E-state index in [-0.39, 0.29) is 0 Å². The summed E-state index contributed by atoms with van der Waals surface area (Å²) in [5.74, 6) is -78.7. The SMILES string of the molecule is CN(C)C(F)(C(F)(F)C(F)(F)F)C(F)(F)C(F)(F)C(F)(F)C(F)(F)C(F)(F)C(F)(F)C(F)(F)C(F)(F)F. The summed E-state index contributed by atoms with van der Waals surface area (Å²) < 4.78 is 302. The zero-order valence-corrected chi connectivity index (χ0v) is 16.6. The highest BCUT2D eigenvalue weighted by Crippen LogP contribution is 2.67. The quantitative estimate of drug-likeness (QED) is 0.193. The summed E-state index contributed by atoms with van der Waals surface area (Å²) in [6.07, 6.45) is -15.9. The molecule has 24 heteroatoms. The number of hydrogen-bond acceptors (Lipinski definition) is 1. The second-order valence-electron chi connectivity index (χ2n) is 7.11. The van der Waals surface area contributed by atoms with Crippen LogP contribution in [0.5, 0.6) is 0 Å². The van der Waals surface area contributed by atoms with Crippen LogP contribution in [0.3, 0.4) is 0 Å². The lowest BCUT2D eigenvalue weighted by atomic mass is 9.84. The van der Waals surface area contributed by atoms with E-state index in [1.54, 1.807) is 0 Å². The van der Waals surface area contributed by atoms with Gasteiger partial charge in [0.2, 0.25) is 0 Å². The van der Waals surface area contributed by atoms with Gasteiger partial charge in [0.25, 0.3) is 0 Å². The van der Waals surface area contributed by atoms with Gasteiger partial charge in [-0.3, -0.25) is 4.90 Å². The monoisotopic (exact) mass is 613 g/mol. The normalized spacial score (nSPS) is 18.3. The molecule has 1 nitrogen and oxygen atoms in total. The Kier molecular flexibility index (Phi) is 8.05. The van der Waals surface area contributed by atoms with Crippen molar-refractivity contribution < 1.29 is 101 Å². The Hall–Kier alpha value is -1.65. The van der Waals surface area contributed by atoms with Gasteiger partial charge >= 0.3 is 65.5 Å². The molecule has 0 aliphatic carbocycles. The van der Waals surface area contributed by atoms with Crippen molar-refractivity contribution in [1.29, 1.82) is 0 Å². The van der Waals surface area contributed by atoms with Crippen LogP contribution in [0, 0.1) is 0 Å². The van der Waals surface area contributed by atoms with Crippen molar-refractivity contribution >= 4 is 0 Å². The van der Waals surface area contributed by atoms with Gasteiger partial charge in [-0.2, -0.15) is 96.6 Å². The fourth-order valence-electron chi connectivity index (χ4n) is 2.32. The van der Waals surface area contributed by atoms with Gasteiger partial charge in [0.1, 0.15) is 0 Å². The Labute approximate surface area is 187 Å². The summed E-state index contributed by atoms with van der Waals surface area (Å²) >= 11 is 0. The van der Waals surface area contributed by atoms with Gasteiger partial charge in [0, 0.05) is 0 Å². The van der Waals surface area contributed by atoms with E-state index in [1.807, 2.05) is 0 Å². The maximum atomic E-state index is 14.3. The summed E-state index contributed by atoms with van der Waals surface area (Å²) in [6.45, 7) is 0. The smallest absolute Gasteiger partial charge is 0.267 e. The molecule has 1 unspecified atom stereocenters. The number of nitrogens with zero attached hydrogens (tertiary/aromatic N) is 1. The number of alkyl halides is 23. The lowest BCUT2D eigenvalue weighted by Gasteiger charge is -2.48. The molecule has 37 heavy (non-hydrogen) atoms. The van der Waals surface area contributed by atoms with Gasteiger partial charge in [-0.15, -0.1) is 0 Å². The first kappa shape index (κ1) is 35.4. The molecule has 0 bridgehead atoms. The van der Waals surface area contributed by atoms with Crippen molar-refractivity contribution in [3.05, 3.63) is 0 Å². The van der Waals surface area contributed by atoms with Crippen molar-refractivity contribution in [2.24, 2.45) is 0 Å². The van der Waals surface area contributed by atoms with Crippen LogP contribution in [-0.4, -0.2) is 84.5 Å². The Bertz CT molecular complexity index is 831. The third kappa shape index (κ3) is 4.04. The standard InChI is InChI=1S/C13H6F23N/c1-37(2)11(30,10(28,29)13(34,35)36)8(24,25)6(20,21)4(16,17)3(14,15)5(18,19)7(22,23)9(26,27)12(31,32)33/h1-2H3. The van der Waals surface area contributed by atoms with Crippen molar-refractivity contribution in [1.82, 2.24) is 4.90 Å². The molecule has 0 aromatic rings. The van der Waals surface area contributed by atoms with E-state index >= 15 is 0 Å². The van der Waals surface area contributed by atoms with E-state index < -0.39 is 84.5 Å². The van der Waals surface area contributed by atoms with E-state index in [4.69, 9.17) is 0 Å². The molecule has 0 aliphatic heterocycles. The van der Waals surface area contributed by atoms with Gasteiger partial charge in [0.15, 0.2) is 0 Å². The van der Waals surface area contributed by atoms with Crippen molar-refractivity contribution in [2.45, 2.75) is 65.5 Å². The first-order valence-corrected chi connectivity index (χ1v) is 7.96. The van der Waals surface area contributed by atoms with E-state index in [0.29, 0.717) is 0 Å². The molecular weight excluding hydrogens is 607 g/mol. The van der Waals surface area contributed by atoms with Gasteiger partial charge in [0.05, 0.1) is 0 Å². The fraction of sp³-hybridized carbons (Fsp3) is 1.00. The van der Waals surface area contributed by atoms with Gasteiger partial charge in [-0.05, 0) is 14.1 Å². The molecule has 0 amide bonds. The molecule has 0 aromatic carbocycles. The maximum absolute atomic E-state index is 14.3. The summed E-state index contributed by atoms with van der Waals surface area (Å²) in [7, 11) is -1.57. The molecule has 0 N–H and O–H groups in total. The average molecular weight is 613 g/mol. The summed E-state index contributed by atoms with van der Waals surface area (Å²) in [6, 6.07) is 0. The minimum atomic E-state index is -9.29. The predicted molar refractivity (Wildman–Crippen MR) is 69.2 cm³/mol. The molecule has 0 radical (unpaired) electrons. The molecule has 0 aliphatic rings. The number of rotatable bonds is 9. The van der Waals surface area contributed by atoms with Gasteiger partial charge < -0.3 is 0 Å². The molecule has 0 heterocycles. The van der Waals surface area contributed by atoms with Crippen molar-refractivity contribution in [2.75, 3.05) is 14.1 Å². The Balaban J connectivity index is 7.42. The minimum absolute atomic E-state index is 0.785. The molecule has 0 spiro atoms. The van der Waals surface area contributed by atoms with Crippen LogP contribution in [0.25, 0.3) is 0 Å². The highest BCUT2D eigenvalue weighted by atomic mass is 19.4. The zero-order chi connectivity index (χ0) is 31.1. The van der Waals surface area contributed by atoms with E-state index in [0.717, 1.165) is 0 Å². The van der Waals surface area contributed by atoms with Gasteiger partial charge in [-0.1, -0.05) is 0 Å². The molecule has 0 fully saturated rings. The lowest BCUT2D eigenvalue weighted by Crippen LogP contribution is -2.80. The first-order valence-electron chi connectivity index (χ1n) is 7.96. The number of hydrogen-bond donors (Lipinski definition) is 0. The molecular formula is C13H6F23N. The topological polar surface area (TPSA) is 3.24 Å². The highest BCUT2D eigenvalue weighted by Gasteiger charge is 2.98. The average Bonchev–Trinajstić information content (AvgIpc) is 2.63. The van der Waals surface area contributed by atoms with Crippen LogP contribution in [-0.2, 0) is 0 Å². The van der Waals surface area contributed by atoms with Crippen LogP contribution in [0.4, 0.5) is 101 Å². The first-order chi connectivity index (χ1) is 15.4. The van der Waals surface area contributed by atoms with E-state index in [9.17, 15) is 101 Å². The minimum Gasteiger partial charge on any atom is -0.267 e. The molecule has 0 saturated carbocycles. The summed E-state index contributed by atoms with van der Waals surface area (Å²) in [5, 5.41) is 0. The van der Waals surface area contributed by atoms with E-state index in [1.165, 1.54) is 0 Å². The highest BCUT2D eigenvalue weighted by molar-refractivity contribution is 5.19. The van der Waals surface area contributed by atoms with E-state index in [2.05, 4.69) is 0 Å². The molecule has 1 atom stereocenters. The largest absolute Gasteiger partial charge is 0.460 e. The van der Waals surface area contributed by atoms with Crippen LogP contribution in [0.2, 0.25) is 0 Å². The predicted octanol–water partition coefficient (Wildman–Crippen LogP) is 7.42. The third-order valence-corrected chi connectivity index (χ3v) is 4.53. The Morgan fingerprint density at radius 1 is 0.270 bits per heavy atom. The fourth-order valence-corrected chi connectivity index (χ4v) is 2.32. The van der Waals surface area contributed by atoms with Crippen LogP contribution in [0.15, 0.2) is 0 Å². The van der Waals surface area contributed by atoms with Crippen LogP contribution in [0.1, 0.15) is 0 Å². The summed E-state index contributed by atoms with van der Waals surface area (Å²) in [5.41, 5.74) is 0. The Morgan fingerprint density at radius 3 is 0.649 bits per heavy atom. The van der Waals surface area contributed by atoms with Crippen LogP contribution < -0.4 is 0 Å². The zero-order valence-electron chi connectivity index (χ0n) is 16.6.